The highest BCUT2D eigenvalue weighted by atomic mass is 32.2. The fourth-order valence-corrected chi connectivity index (χ4v) is 1.32. The molecule has 1 rings (SSSR count). The third kappa shape index (κ3) is 3.55. The van der Waals surface area contributed by atoms with E-state index in [1.807, 2.05) is 6.26 Å². The lowest BCUT2D eigenvalue weighted by molar-refractivity contribution is -0.118. The lowest BCUT2D eigenvalue weighted by Crippen LogP contribution is -2.26. The molecule has 1 aromatic rings. The molecule has 0 radical (unpaired) electrons. The van der Waals surface area contributed by atoms with Crippen molar-refractivity contribution >= 4 is 29.3 Å². The number of thioether (sulfide) groups is 1. The largest absolute Gasteiger partial charge is 0.361 e. The van der Waals surface area contributed by atoms with Gasteiger partial charge < -0.3 is 16.1 Å². The second-order valence-corrected chi connectivity index (χ2v) is 3.57. The zero-order valence-electron chi connectivity index (χ0n) is 9.07. The van der Waals surface area contributed by atoms with Gasteiger partial charge in [0, 0.05) is 13.1 Å². The number of hydrogen-bond acceptors (Lipinski definition) is 7. The first-order valence-corrected chi connectivity index (χ1v) is 5.76. The van der Waals surface area contributed by atoms with Crippen LogP contribution in [0.2, 0.25) is 0 Å². The molecule has 0 aromatic carbocycles. The molecule has 1 heterocycles. The van der Waals surface area contributed by atoms with Crippen LogP contribution < -0.4 is 21.9 Å². The first-order chi connectivity index (χ1) is 7.69. The molecule has 8 heteroatoms. The van der Waals surface area contributed by atoms with Gasteiger partial charge in [0.2, 0.25) is 5.91 Å². The molecule has 0 aliphatic carbocycles. The molecule has 0 saturated heterocycles. The zero-order chi connectivity index (χ0) is 12.0. The van der Waals surface area contributed by atoms with E-state index in [0.717, 1.165) is 0 Å². The molecule has 0 fully saturated rings. The highest BCUT2D eigenvalue weighted by Crippen LogP contribution is 2.16. The summed E-state index contributed by atoms with van der Waals surface area (Å²) in [6.07, 6.45) is 1.86. The minimum absolute atomic E-state index is 0.119. The summed E-state index contributed by atoms with van der Waals surface area (Å²) >= 11 is 1.39. The minimum atomic E-state index is -0.119. The Morgan fingerprint density at radius 2 is 2.19 bits per heavy atom. The molecule has 0 saturated carbocycles. The van der Waals surface area contributed by atoms with Gasteiger partial charge in [-0.15, -0.1) is 0 Å². The Balaban J connectivity index is 2.74. The maximum atomic E-state index is 11.0. The number of carbonyl (C=O) groups excluding carboxylic acids is 1. The number of rotatable bonds is 5. The topological polar surface area (TPSA) is 105 Å². The highest BCUT2D eigenvalue weighted by Gasteiger charge is 2.04. The van der Waals surface area contributed by atoms with E-state index in [1.165, 1.54) is 11.8 Å². The summed E-state index contributed by atoms with van der Waals surface area (Å²) < 4.78 is 0. The second-order valence-electron chi connectivity index (χ2n) is 2.80. The first kappa shape index (κ1) is 12.5. The van der Waals surface area contributed by atoms with Crippen LogP contribution in [-0.4, -0.2) is 35.7 Å². The van der Waals surface area contributed by atoms with Gasteiger partial charge in [-0.25, -0.2) is 15.8 Å². The predicted octanol–water partition coefficient (Wildman–Crippen LogP) is -0.358. The fraction of sp³-hybridized carbons (Fsp3) is 0.375. The second kappa shape index (κ2) is 6.13. The number of hydrazine groups is 1. The Labute approximate surface area is 97.6 Å². The summed E-state index contributed by atoms with van der Waals surface area (Å²) in [7, 11) is 1.57. The van der Waals surface area contributed by atoms with Crippen molar-refractivity contribution in [3.8, 4) is 0 Å². The molecule has 7 nitrogen and oxygen atoms in total. The molecule has 0 aliphatic rings. The van der Waals surface area contributed by atoms with Gasteiger partial charge >= 0.3 is 0 Å². The first-order valence-electron chi connectivity index (χ1n) is 4.53. The number of carbonyl (C=O) groups is 1. The Morgan fingerprint density at radius 3 is 2.75 bits per heavy atom. The van der Waals surface area contributed by atoms with Gasteiger partial charge in [0.05, 0.1) is 6.54 Å². The number of nitrogen functional groups attached to an aromatic ring is 1. The Bertz CT molecular complexity index is 349. The van der Waals surface area contributed by atoms with Crippen molar-refractivity contribution in [2.24, 2.45) is 5.84 Å². The van der Waals surface area contributed by atoms with Crippen molar-refractivity contribution < 1.29 is 4.79 Å². The van der Waals surface area contributed by atoms with Crippen LogP contribution in [0.5, 0.6) is 0 Å². The molecular weight excluding hydrogens is 228 g/mol. The van der Waals surface area contributed by atoms with Crippen LogP contribution in [0.15, 0.2) is 11.2 Å². The third-order valence-electron chi connectivity index (χ3n) is 1.74. The van der Waals surface area contributed by atoms with E-state index < -0.39 is 0 Å². The van der Waals surface area contributed by atoms with Crippen LogP contribution in [0.3, 0.4) is 0 Å². The smallest absolute Gasteiger partial charge is 0.239 e. The highest BCUT2D eigenvalue weighted by molar-refractivity contribution is 7.98. The number of nitrogens with zero attached hydrogens (tertiary/aromatic N) is 2. The van der Waals surface area contributed by atoms with E-state index in [0.29, 0.717) is 16.8 Å². The minimum Gasteiger partial charge on any atom is -0.361 e. The van der Waals surface area contributed by atoms with E-state index in [4.69, 9.17) is 5.84 Å². The summed E-state index contributed by atoms with van der Waals surface area (Å²) in [5, 5.41) is 5.95. The number of aromatic nitrogens is 2. The van der Waals surface area contributed by atoms with Crippen molar-refractivity contribution in [3.63, 3.8) is 0 Å². The van der Waals surface area contributed by atoms with E-state index in [9.17, 15) is 4.79 Å². The Morgan fingerprint density at radius 1 is 1.50 bits per heavy atom. The molecule has 0 atom stereocenters. The van der Waals surface area contributed by atoms with Crippen molar-refractivity contribution in [1.29, 1.82) is 0 Å². The molecule has 1 aromatic heterocycles. The average Bonchev–Trinajstić information content (AvgIpc) is 2.35. The summed E-state index contributed by atoms with van der Waals surface area (Å²) in [6, 6.07) is 1.63. The summed E-state index contributed by atoms with van der Waals surface area (Å²) in [5.74, 6) is 6.20. The quantitative estimate of drug-likeness (QED) is 0.242. The van der Waals surface area contributed by atoms with Gasteiger partial charge in [-0.05, 0) is 6.26 Å². The van der Waals surface area contributed by atoms with Gasteiger partial charge in [0.15, 0.2) is 5.16 Å². The normalized spacial score (nSPS) is 9.69. The number of nitrogens with two attached hydrogens (primary N) is 1. The molecule has 1 amide bonds. The van der Waals surface area contributed by atoms with Crippen molar-refractivity contribution in [1.82, 2.24) is 15.3 Å². The lowest BCUT2D eigenvalue weighted by atomic mass is 10.5. The third-order valence-corrected chi connectivity index (χ3v) is 2.29. The molecule has 5 N–H and O–H groups in total. The van der Waals surface area contributed by atoms with E-state index in [2.05, 4.69) is 26.0 Å². The van der Waals surface area contributed by atoms with Crippen LogP contribution in [0.25, 0.3) is 0 Å². The molecule has 88 valence electrons. The van der Waals surface area contributed by atoms with Crippen LogP contribution in [0, 0.1) is 0 Å². The van der Waals surface area contributed by atoms with E-state index >= 15 is 0 Å². The van der Waals surface area contributed by atoms with E-state index in [1.54, 1.807) is 13.1 Å². The maximum Gasteiger partial charge on any atom is 0.239 e. The maximum absolute atomic E-state index is 11.0. The number of anilines is 2. The van der Waals surface area contributed by atoms with Gasteiger partial charge in [0.25, 0.3) is 0 Å². The molecule has 0 aliphatic heterocycles. The van der Waals surface area contributed by atoms with Gasteiger partial charge in [0.1, 0.15) is 11.6 Å². The number of nitrogens with one attached hydrogen (secondary N) is 3. The van der Waals surface area contributed by atoms with Crippen molar-refractivity contribution in [2.45, 2.75) is 5.16 Å². The molecule has 0 bridgehead atoms. The van der Waals surface area contributed by atoms with Crippen LogP contribution in [0.4, 0.5) is 11.6 Å². The summed E-state index contributed by atoms with van der Waals surface area (Å²) in [6.45, 7) is 0.158. The van der Waals surface area contributed by atoms with Gasteiger partial charge in [-0.2, -0.15) is 0 Å². The van der Waals surface area contributed by atoms with Crippen LogP contribution in [-0.2, 0) is 4.79 Å². The Kier molecular flexibility index (Phi) is 4.80. The molecule has 0 unspecified atom stereocenters. The number of amides is 1. The Hall–Kier alpha value is -1.54. The number of likely N-dealkylation sites (N-methyl/N-ethyl adjacent to an activating group) is 1. The fourth-order valence-electron chi connectivity index (χ4n) is 0.940. The molecular formula is C8H14N6OS. The standard InChI is InChI=1S/C8H14N6OS/c1-10-7(15)4-11-5-3-6(14-9)13-8(12-5)16-2/h3H,4,9H2,1-2H3,(H,10,15)(H2,11,12,13,14). The predicted molar refractivity (Wildman–Crippen MR) is 64.2 cm³/mol. The zero-order valence-corrected chi connectivity index (χ0v) is 9.89. The summed E-state index contributed by atoms with van der Waals surface area (Å²) in [4.78, 5) is 19.3. The number of hydrogen-bond donors (Lipinski definition) is 4. The van der Waals surface area contributed by atoms with Gasteiger partial charge in [-0.1, -0.05) is 11.8 Å². The average molecular weight is 242 g/mol. The molecule has 16 heavy (non-hydrogen) atoms. The summed E-state index contributed by atoms with van der Waals surface area (Å²) in [5.41, 5.74) is 2.44. The monoisotopic (exact) mass is 242 g/mol. The lowest BCUT2D eigenvalue weighted by Gasteiger charge is -2.07. The van der Waals surface area contributed by atoms with Gasteiger partial charge in [-0.3, -0.25) is 4.79 Å². The molecule has 0 spiro atoms. The SMILES string of the molecule is CNC(=O)CNc1cc(NN)nc(SC)n1. The van der Waals surface area contributed by atoms with Crippen LogP contribution >= 0.6 is 11.8 Å². The van der Waals surface area contributed by atoms with Crippen LogP contribution in [0.1, 0.15) is 0 Å². The van der Waals surface area contributed by atoms with Crippen molar-refractivity contribution in [2.75, 3.05) is 30.6 Å². The van der Waals surface area contributed by atoms with E-state index in [-0.39, 0.29) is 12.5 Å². The van der Waals surface area contributed by atoms with Crippen molar-refractivity contribution in [3.05, 3.63) is 6.07 Å².